The fourth-order valence-electron chi connectivity index (χ4n) is 1.41. The van der Waals surface area contributed by atoms with E-state index in [9.17, 15) is 5.11 Å². The van der Waals surface area contributed by atoms with Gasteiger partial charge in [0.1, 0.15) is 0 Å². The van der Waals surface area contributed by atoms with Crippen LogP contribution in [0.2, 0.25) is 0 Å². The molecule has 1 saturated heterocycles. The van der Waals surface area contributed by atoms with Gasteiger partial charge in [-0.2, -0.15) is 0 Å². The maximum absolute atomic E-state index is 9.21. The number of likely N-dealkylation sites (N-methyl/N-ethyl adjacent to an activating group) is 1. The second-order valence-electron chi connectivity index (χ2n) is 3.18. The number of likely N-dealkylation sites (tertiary alicyclic amines) is 1. The summed E-state index contributed by atoms with van der Waals surface area (Å²) in [5, 5.41) is 12.3. The number of nitrogens with one attached hydrogen (secondary N) is 1. The standard InChI is InChI=1S/C8H18N2O.2ClH/c1-9-4-7-10-5-2-8(11)3-6-10;;/h8-9,11H,2-7H2,1H3;2*1H. The Morgan fingerprint density at radius 2 is 1.85 bits per heavy atom. The van der Waals surface area contributed by atoms with Crippen LogP contribution < -0.4 is 5.32 Å². The van der Waals surface area contributed by atoms with Gasteiger partial charge in [-0.25, -0.2) is 0 Å². The number of nitrogens with zero attached hydrogens (tertiary/aromatic N) is 1. The second-order valence-corrected chi connectivity index (χ2v) is 3.18. The highest BCUT2D eigenvalue weighted by molar-refractivity contribution is 5.85. The Hall–Kier alpha value is 0.460. The average Bonchev–Trinajstić information content (AvgIpc) is 2.04. The van der Waals surface area contributed by atoms with Crippen LogP contribution in [-0.2, 0) is 0 Å². The average molecular weight is 231 g/mol. The zero-order chi connectivity index (χ0) is 8.10. The first-order valence-electron chi connectivity index (χ1n) is 4.38. The Balaban J connectivity index is 0. The van der Waals surface area contributed by atoms with Gasteiger partial charge in [-0.15, -0.1) is 24.8 Å². The number of rotatable bonds is 3. The van der Waals surface area contributed by atoms with Crippen LogP contribution in [0.3, 0.4) is 0 Å². The molecule has 0 atom stereocenters. The first-order valence-corrected chi connectivity index (χ1v) is 4.38. The molecule has 0 saturated carbocycles. The summed E-state index contributed by atoms with van der Waals surface area (Å²) in [5.74, 6) is 0. The molecule has 5 heteroatoms. The van der Waals surface area contributed by atoms with Crippen molar-refractivity contribution < 1.29 is 5.11 Å². The van der Waals surface area contributed by atoms with Crippen molar-refractivity contribution in [3.8, 4) is 0 Å². The van der Waals surface area contributed by atoms with Crippen molar-refractivity contribution in [2.45, 2.75) is 18.9 Å². The van der Waals surface area contributed by atoms with Crippen LogP contribution in [0.1, 0.15) is 12.8 Å². The maximum atomic E-state index is 9.21. The van der Waals surface area contributed by atoms with Gasteiger partial charge in [0.05, 0.1) is 6.10 Å². The van der Waals surface area contributed by atoms with Crippen molar-refractivity contribution in [1.29, 1.82) is 0 Å². The van der Waals surface area contributed by atoms with Gasteiger partial charge in [0.15, 0.2) is 0 Å². The van der Waals surface area contributed by atoms with E-state index in [0.29, 0.717) is 0 Å². The van der Waals surface area contributed by atoms with Crippen LogP contribution in [0.5, 0.6) is 0 Å². The highest BCUT2D eigenvalue weighted by Crippen LogP contribution is 2.08. The van der Waals surface area contributed by atoms with Crippen molar-refractivity contribution in [2.24, 2.45) is 0 Å². The highest BCUT2D eigenvalue weighted by atomic mass is 35.5. The zero-order valence-corrected chi connectivity index (χ0v) is 9.66. The Bertz CT molecular complexity index is 106. The molecule has 1 heterocycles. The number of hydrogen-bond acceptors (Lipinski definition) is 3. The summed E-state index contributed by atoms with van der Waals surface area (Å²) in [4.78, 5) is 2.39. The van der Waals surface area contributed by atoms with Crippen LogP contribution in [0, 0.1) is 0 Å². The van der Waals surface area contributed by atoms with E-state index in [1.165, 1.54) is 0 Å². The molecule has 2 N–H and O–H groups in total. The fraction of sp³-hybridized carbons (Fsp3) is 1.00. The van der Waals surface area contributed by atoms with Crippen LogP contribution >= 0.6 is 24.8 Å². The molecule has 1 aliphatic heterocycles. The predicted octanol–water partition coefficient (Wildman–Crippen LogP) is 0.506. The van der Waals surface area contributed by atoms with Crippen molar-refractivity contribution in [3.63, 3.8) is 0 Å². The molecule has 0 bridgehead atoms. The molecular weight excluding hydrogens is 211 g/mol. The van der Waals surface area contributed by atoms with Crippen molar-refractivity contribution in [2.75, 3.05) is 33.2 Å². The van der Waals surface area contributed by atoms with E-state index in [-0.39, 0.29) is 30.9 Å². The molecule has 1 fully saturated rings. The minimum Gasteiger partial charge on any atom is -0.393 e. The zero-order valence-electron chi connectivity index (χ0n) is 8.03. The summed E-state index contributed by atoms with van der Waals surface area (Å²) in [6.45, 7) is 4.28. The topological polar surface area (TPSA) is 35.5 Å². The Labute approximate surface area is 92.7 Å². The number of aliphatic hydroxyl groups is 1. The molecule has 3 nitrogen and oxygen atoms in total. The minimum atomic E-state index is -0.0409. The smallest absolute Gasteiger partial charge is 0.0564 e. The van der Waals surface area contributed by atoms with E-state index >= 15 is 0 Å². The van der Waals surface area contributed by atoms with Crippen LogP contribution in [0.25, 0.3) is 0 Å². The molecule has 0 radical (unpaired) electrons. The molecule has 0 aliphatic carbocycles. The van der Waals surface area contributed by atoms with Gasteiger partial charge >= 0.3 is 0 Å². The van der Waals surface area contributed by atoms with Crippen molar-refractivity contribution in [3.05, 3.63) is 0 Å². The Morgan fingerprint density at radius 3 is 2.31 bits per heavy atom. The molecule has 0 spiro atoms. The molecular formula is C8H20Cl2N2O. The summed E-state index contributed by atoms with van der Waals surface area (Å²) in [6, 6.07) is 0. The third-order valence-corrected chi connectivity index (χ3v) is 2.24. The molecule has 0 amide bonds. The summed E-state index contributed by atoms with van der Waals surface area (Å²) in [7, 11) is 1.97. The Kier molecular flexibility index (Phi) is 11.1. The molecule has 0 aromatic heterocycles. The molecule has 0 aromatic rings. The molecule has 0 unspecified atom stereocenters. The van der Waals surface area contributed by atoms with Gasteiger partial charge in [-0.1, -0.05) is 0 Å². The van der Waals surface area contributed by atoms with Gasteiger partial charge in [-0.05, 0) is 19.9 Å². The summed E-state index contributed by atoms with van der Waals surface area (Å²) in [6.07, 6.45) is 1.86. The molecule has 82 valence electrons. The SMILES string of the molecule is CNCCN1CCC(O)CC1.Cl.Cl. The quantitative estimate of drug-likeness (QED) is 0.742. The van der Waals surface area contributed by atoms with E-state index in [4.69, 9.17) is 0 Å². The number of halogens is 2. The van der Waals surface area contributed by atoms with Gasteiger partial charge in [0.2, 0.25) is 0 Å². The summed E-state index contributed by atoms with van der Waals surface area (Å²) < 4.78 is 0. The number of piperidine rings is 1. The normalized spacial score (nSPS) is 18.9. The lowest BCUT2D eigenvalue weighted by Crippen LogP contribution is -2.39. The van der Waals surface area contributed by atoms with E-state index < -0.39 is 0 Å². The van der Waals surface area contributed by atoms with Gasteiger partial charge in [-0.3, -0.25) is 0 Å². The number of aliphatic hydroxyl groups excluding tert-OH is 1. The van der Waals surface area contributed by atoms with Crippen molar-refractivity contribution in [1.82, 2.24) is 10.2 Å². The van der Waals surface area contributed by atoms with Gasteiger partial charge in [0.25, 0.3) is 0 Å². The van der Waals surface area contributed by atoms with Crippen LogP contribution in [0.4, 0.5) is 0 Å². The Morgan fingerprint density at radius 1 is 1.31 bits per heavy atom. The molecule has 0 aromatic carbocycles. The predicted molar refractivity (Wildman–Crippen MR) is 60.1 cm³/mol. The fourth-order valence-corrected chi connectivity index (χ4v) is 1.41. The van der Waals surface area contributed by atoms with E-state index in [2.05, 4.69) is 10.2 Å². The highest BCUT2D eigenvalue weighted by Gasteiger charge is 2.15. The lowest BCUT2D eigenvalue weighted by Gasteiger charge is -2.29. The first kappa shape index (κ1) is 15.9. The van der Waals surface area contributed by atoms with Crippen LogP contribution in [-0.4, -0.2) is 49.3 Å². The molecule has 13 heavy (non-hydrogen) atoms. The second kappa shape index (κ2) is 9.03. The van der Waals surface area contributed by atoms with E-state index in [1.54, 1.807) is 0 Å². The minimum absolute atomic E-state index is 0. The van der Waals surface area contributed by atoms with E-state index in [1.807, 2.05) is 7.05 Å². The summed E-state index contributed by atoms with van der Waals surface area (Å²) in [5.41, 5.74) is 0. The first-order chi connectivity index (χ1) is 5.33. The van der Waals surface area contributed by atoms with Crippen LogP contribution in [0.15, 0.2) is 0 Å². The largest absolute Gasteiger partial charge is 0.393 e. The summed E-state index contributed by atoms with van der Waals surface area (Å²) >= 11 is 0. The number of hydrogen-bond donors (Lipinski definition) is 2. The molecule has 1 rings (SSSR count). The lowest BCUT2D eigenvalue weighted by atomic mass is 10.1. The van der Waals surface area contributed by atoms with Gasteiger partial charge in [0, 0.05) is 26.2 Å². The maximum Gasteiger partial charge on any atom is 0.0564 e. The third kappa shape index (κ3) is 6.52. The third-order valence-electron chi connectivity index (χ3n) is 2.24. The monoisotopic (exact) mass is 230 g/mol. The van der Waals surface area contributed by atoms with E-state index in [0.717, 1.165) is 39.0 Å². The van der Waals surface area contributed by atoms with Crippen molar-refractivity contribution >= 4 is 24.8 Å². The lowest BCUT2D eigenvalue weighted by molar-refractivity contribution is 0.0833. The molecule has 1 aliphatic rings. The van der Waals surface area contributed by atoms with Gasteiger partial charge < -0.3 is 15.3 Å².